The number of halogens is 3. The van der Waals surface area contributed by atoms with Gasteiger partial charge in [-0.1, -0.05) is 61.1 Å². The van der Waals surface area contributed by atoms with Crippen LogP contribution in [-0.2, 0) is 16.1 Å². The summed E-state index contributed by atoms with van der Waals surface area (Å²) in [6.07, 6.45) is 2.31. The summed E-state index contributed by atoms with van der Waals surface area (Å²) in [6, 6.07) is 8.13. The molecule has 0 saturated heterocycles. The van der Waals surface area contributed by atoms with Gasteiger partial charge in [0.1, 0.15) is 11.8 Å². The van der Waals surface area contributed by atoms with Gasteiger partial charge in [-0.3, -0.25) is 9.59 Å². The van der Waals surface area contributed by atoms with E-state index in [0.29, 0.717) is 33.8 Å². The van der Waals surface area contributed by atoms with E-state index in [4.69, 9.17) is 39.5 Å². The minimum absolute atomic E-state index is 0.183. The Labute approximate surface area is 211 Å². The van der Waals surface area contributed by atoms with Crippen LogP contribution in [-0.4, -0.2) is 35.9 Å². The van der Waals surface area contributed by atoms with Crippen LogP contribution < -0.4 is 10.1 Å². The number of aryl methyl sites for hydroxylation is 2. The Morgan fingerprint density at radius 1 is 1.03 bits per heavy atom. The fourth-order valence-corrected chi connectivity index (χ4v) is 3.91. The second-order valence-corrected chi connectivity index (χ2v) is 9.19. The molecule has 0 spiro atoms. The zero-order chi connectivity index (χ0) is 24.5. The fourth-order valence-electron chi connectivity index (χ4n) is 3.48. The van der Waals surface area contributed by atoms with Gasteiger partial charge in [0.15, 0.2) is 6.61 Å². The molecular formula is C25H31Cl3N2O3. The van der Waals surface area contributed by atoms with Gasteiger partial charge in [0.05, 0.1) is 10.0 Å². The number of hydrogen-bond acceptors (Lipinski definition) is 3. The van der Waals surface area contributed by atoms with E-state index >= 15 is 0 Å². The van der Waals surface area contributed by atoms with Crippen molar-refractivity contribution in [1.29, 1.82) is 0 Å². The number of carbonyl (C=O) groups is 2. The molecule has 0 fully saturated rings. The van der Waals surface area contributed by atoms with Gasteiger partial charge in [-0.2, -0.15) is 0 Å². The molecule has 0 aliphatic carbocycles. The van der Waals surface area contributed by atoms with E-state index in [9.17, 15) is 9.59 Å². The number of rotatable bonds is 11. The normalized spacial score (nSPS) is 11.7. The van der Waals surface area contributed by atoms with Crippen LogP contribution in [0.25, 0.3) is 0 Å². The number of carbonyl (C=O) groups excluding carboxylic acids is 2. The fraction of sp³-hybridized carbons (Fsp3) is 0.440. The molecule has 2 amide bonds. The van der Waals surface area contributed by atoms with E-state index in [1.165, 1.54) is 4.90 Å². The number of nitrogens with zero attached hydrogens (tertiary/aromatic N) is 1. The predicted octanol–water partition coefficient (Wildman–Crippen LogP) is 6.37. The smallest absolute Gasteiger partial charge is 0.261 e. The van der Waals surface area contributed by atoms with Crippen LogP contribution in [0.3, 0.4) is 0 Å². The Balaban J connectivity index is 2.24. The molecule has 2 rings (SSSR count). The molecule has 180 valence electrons. The zero-order valence-corrected chi connectivity index (χ0v) is 21.8. The lowest BCUT2D eigenvalue weighted by molar-refractivity contribution is -0.143. The van der Waals surface area contributed by atoms with Crippen LogP contribution in [0.4, 0.5) is 0 Å². The highest BCUT2D eigenvalue weighted by Gasteiger charge is 2.29. The second-order valence-electron chi connectivity index (χ2n) is 8.00. The maximum atomic E-state index is 13.3. The van der Waals surface area contributed by atoms with Crippen LogP contribution in [0.5, 0.6) is 5.75 Å². The van der Waals surface area contributed by atoms with Crippen molar-refractivity contribution in [1.82, 2.24) is 10.2 Å². The van der Waals surface area contributed by atoms with Gasteiger partial charge in [0.25, 0.3) is 5.91 Å². The lowest BCUT2D eigenvalue weighted by Gasteiger charge is -2.30. The third-order valence-electron chi connectivity index (χ3n) is 5.32. The molecule has 2 aromatic carbocycles. The van der Waals surface area contributed by atoms with Crippen molar-refractivity contribution in [3.63, 3.8) is 0 Å². The van der Waals surface area contributed by atoms with Crippen LogP contribution in [0, 0.1) is 13.8 Å². The summed E-state index contributed by atoms with van der Waals surface area (Å²) in [5.74, 6) is 0.0686. The van der Waals surface area contributed by atoms with Gasteiger partial charge < -0.3 is 15.0 Å². The highest BCUT2D eigenvalue weighted by atomic mass is 35.5. The third kappa shape index (κ3) is 7.80. The quantitative estimate of drug-likeness (QED) is 0.355. The first kappa shape index (κ1) is 27.3. The molecule has 33 heavy (non-hydrogen) atoms. The molecule has 0 aromatic heterocycles. The zero-order valence-electron chi connectivity index (χ0n) is 19.5. The molecular weight excluding hydrogens is 483 g/mol. The van der Waals surface area contributed by atoms with Gasteiger partial charge >= 0.3 is 0 Å². The SMILES string of the molecule is CCCCNC(=O)C(CC)N(Cc1ccc(Cl)c(Cl)c1)C(=O)COc1cc(C)c(Cl)c(C)c1. The van der Waals surface area contributed by atoms with E-state index in [-0.39, 0.29) is 25.0 Å². The Kier molecular flexibility index (Phi) is 10.8. The van der Waals surface area contributed by atoms with Crippen LogP contribution >= 0.6 is 34.8 Å². The maximum absolute atomic E-state index is 13.3. The Morgan fingerprint density at radius 2 is 1.70 bits per heavy atom. The van der Waals surface area contributed by atoms with E-state index < -0.39 is 6.04 Å². The van der Waals surface area contributed by atoms with Gasteiger partial charge in [0, 0.05) is 18.1 Å². The topological polar surface area (TPSA) is 58.6 Å². The molecule has 0 radical (unpaired) electrons. The summed E-state index contributed by atoms with van der Waals surface area (Å²) >= 11 is 18.4. The number of benzene rings is 2. The molecule has 0 bridgehead atoms. The maximum Gasteiger partial charge on any atom is 0.261 e. The second kappa shape index (κ2) is 13.1. The number of ether oxygens (including phenoxy) is 1. The third-order valence-corrected chi connectivity index (χ3v) is 6.66. The van der Waals surface area contributed by atoms with Crippen molar-refractivity contribution in [2.24, 2.45) is 0 Å². The minimum atomic E-state index is -0.638. The lowest BCUT2D eigenvalue weighted by atomic mass is 10.1. The standard InChI is InChI=1S/C25H31Cl3N2O3/c1-5-7-10-29-25(32)22(6-2)30(14-18-8-9-20(26)21(27)13-18)23(31)15-33-19-11-16(3)24(28)17(4)12-19/h8-9,11-13,22H,5-7,10,14-15H2,1-4H3,(H,29,32). The summed E-state index contributed by atoms with van der Waals surface area (Å²) < 4.78 is 5.79. The first-order valence-electron chi connectivity index (χ1n) is 11.1. The van der Waals surface area contributed by atoms with Crippen molar-refractivity contribution >= 4 is 46.6 Å². The molecule has 1 unspecified atom stereocenters. The van der Waals surface area contributed by atoms with E-state index in [2.05, 4.69) is 12.2 Å². The van der Waals surface area contributed by atoms with E-state index in [1.807, 2.05) is 20.8 Å². The number of unbranched alkanes of at least 4 members (excludes halogenated alkanes) is 1. The Morgan fingerprint density at radius 3 is 2.27 bits per heavy atom. The molecule has 8 heteroatoms. The highest BCUT2D eigenvalue weighted by Crippen LogP contribution is 2.27. The lowest BCUT2D eigenvalue weighted by Crippen LogP contribution is -2.50. The molecule has 2 aromatic rings. The van der Waals surface area contributed by atoms with E-state index in [0.717, 1.165) is 29.5 Å². The van der Waals surface area contributed by atoms with Crippen LogP contribution in [0.15, 0.2) is 30.3 Å². The predicted molar refractivity (Wildman–Crippen MR) is 135 cm³/mol. The average Bonchev–Trinajstić information content (AvgIpc) is 2.78. The molecule has 0 aliphatic rings. The van der Waals surface area contributed by atoms with Crippen molar-refractivity contribution in [2.75, 3.05) is 13.2 Å². The number of amides is 2. The van der Waals surface area contributed by atoms with Crippen molar-refractivity contribution < 1.29 is 14.3 Å². The van der Waals surface area contributed by atoms with E-state index in [1.54, 1.807) is 30.3 Å². The summed E-state index contributed by atoms with van der Waals surface area (Å²) in [7, 11) is 0. The van der Waals surface area contributed by atoms with Crippen LogP contribution in [0.1, 0.15) is 49.8 Å². The van der Waals surface area contributed by atoms with Crippen molar-refractivity contribution in [2.45, 2.75) is 59.5 Å². The van der Waals surface area contributed by atoms with Crippen molar-refractivity contribution in [3.8, 4) is 5.75 Å². The highest BCUT2D eigenvalue weighted by molar-refractivity contribution is 6.42. The first-order chi connectivity index (χ1) is 15.7. The molecule has 0 saturated carbocycles. The molecule has 0 aliphatic heterocycles. The number of hydrogen-bond donors (Lipinski definition) is 1. The van der Waals surface area contributed by atoms with Crippen LogP contribution in [0.2, 0.25) is 15.1 Å². The van der Waals surface area contributed by atoms with Gasteiger partial charge in [-0.25, -0.2) is 0 Å². The van der Waals surface area contributed by atoms with Gasteiger partial charge in [-0.15, -0.1) is 0 Å². The summed E-state index contributed by atoms with van der Waals surface area (Å²) in [5.41, 5.74) is 2.51. The number of nitrogens with one attached hydrogen (secondary N) is 1. The Bertz CT molecular complexity index is 958. The summed E-state index contributed by atoms with van der Waals surface area (Å²) in [4.78, 5) is 27.7. The summed E-state index contributed by atoms with van der Waals surface area (Å²) in [6.45, 7) is 8.27. The first-order valence-corrected chi connectivity index (χ1v) is 12.2. The largest absolute Gasteiger partial charge is 0.484 e. The van der Waals surface area contributed by atoms with Gasteiger partial charge in [0.2, 0.25) is 5.91 Å². The van der Waals surface area contributed by atoms with Crippen molar-refractivity contribution in [3.05, 3.63) is 62.1 Å². The average molecular weight is 514 g/mol. The molecule has 1 atom stereocenters. The molecule has 5 nitrogen and oxygen atoms in total. The Hall–Kier alpha value is -1.95. The molecule has 1 N–H and O–H groups in total. The summed E-state index contributed by atoms with van der Waals surface area (Å²) in [5, 5.41) is 4.43. The minimum Gasteiger partial charge on any atom is -0.484 e. The molecule has 0 heterocycles. The monoisotopic (exact) mass is 512 g/mol. The van der Waals surface area contributed by atoms with Gasteiger partial charge in [-0.05, 0) is 67.6 Å².